The molecule has 0 aliphatic heterocycles. The van der Waals surface area contributed by atoms with Crippen molar-refractivity contribution in [1.29, 1.82) is 0 Å². The zero-order valence-corrected chi connectivity index (χ0v) is 17.7. The molecular formula is C19H25F6N4P. The summed E-state index contributed by atoms with van der Waals surface area (Å²) in [6, 6.07) is 16.9. The average molecular weight is 454 g/mol. The fourth-order valence-corrected chi connectivity index (χ4v) is 2.35. The molecule has 0 aliphatic carbocycles. The Morgan fingerprint density at radius 1 is 0.833 bits per heavy atom. The van der Waals surface area contributed by atoms with Gasteiger partial charge in [0.25, 0.3) is 0 Å². The van der Waals surface area contributed by atoms with Crippen LogP contribution in [0.1, 0.15) is 43.0 Å². The van der Waals surface area contributed by atoms with E-state index in [1.54, 1.807) is 0 Å². The molecule has 0 aromatic heterocycles. The van der Waals surface area contributed by atoms with Gasteiger partial charge in [0, 0.05) is 18.0 Å². The van der Waals surface area contributed by atoms with Crippen LogP contribution in [0.5, 0.6) is 0 Å². The van der Waals surface area contributed by atoms with Gasteiger partial charge in [-0.2, -0.15) is 0 Å². The fraction of sp³-hybridized carbons (Fsp3) is 0.368. The summed E-state index contributed by atoms with van der Waals surface area (Å²) in [6.07, 6.45) is 0. The van der Waals surface area contributed by atoms with E-state index >= 15 is 0 Å². The molecule has 2 aromatic rings. The van der Waals surface area contributed by atoms with Gasteiger partial charge in [-0.25, -0.2) is 0 Å². The molecule has 30 heavy (non-hydrogen) atoms. The van der Waals surface area contributed by atoms with Crippen molar-refractivity contribution in [3.8, 4) is 0 Å². The van der Waals surface area contributed by atoms with Gasteiger partial charge in [-0.1, -0.05) is 74.4 Å². The van der Waals surface area contributed by atoms with Crippen LogP contribution in [-0.2, 0) is 25.0 Å². The van der Waals surface area contributed by atoms with E-state index < -0.39 is 8.16 Å². The van der Waals surface area contributed by atoms with E-state index in [0.29, 0.717) is 6.54 Å². The molecular weight excluding hydrogens is 429 g/mol. The summed E-state index contributed by atoms with van der Waals surface area (Å²) in [5.74, 6) is 0. The Kier molecular flexibility index (Phi) is 10.4. The number of nitrogens with zero attached hydrogens (tertiary/aromatic N) is 3. The van der Waals surface area contributed by atoms with Crippen molar-refractivity contribution in [2.24, 2.45) is 5.11 Å². The van der Waals surface area contributed by atoms with E-state index in [4.69, 9.17) is 5.53 Å². The van der Waals surface area contributed by atoms with E-state index in [9.17, 15) is 21.0 Å². The molecule has 0 fully saturated rings. The van der Waals surface area contributed by atoms with Gasteiger partial charge in [-0.15, -0.1) is 0 Å². The molecule has 1 N–H and O–H groups in total. The van der Waals surface area contributed by atoms with Crippen molar-refractivity contribution < 1.29 is 25.7 Å². The Bertz CT molecular complexity index is 804. The Balaban J connectivity index is 0.00000105. The normalized spacial score (nSPS) is 12.3. The van der Waals surface area contributed by atoms with Gasteiger partial charge in [-0.3, -0.25) is 4.70 Å². The number of rotatable bonds is 6. The first-order chi connectivity index (χ1) is 13.2. The molecule has 0 saturated carbocycles. The van der Waals surface area contributed by atoms with Crippen LogP contribution in [-0.4, -0.2) is 0 Å². The molecule has 168 valence electrons. The van der Waals surface area contributed by atoms with E-state index in [1.165, 1.54) is 16.7 Å². The molecule has 11 heteroatoms. The van der Waals surface area contributed by atoms with Crippen LogP contribution < -0.4 is 5.32 Å². The van der Waals surface area contributed by atoms with E-state index in [-0.39, 0.29) is 10.1 Å². The molecule has 0 bridgehead atoms. The topological polar surface area (TPSA) is 60.8 Å². The van der Waals surface area contributed by atoms with Crippen molar-refractivity contribution in [3.05, 3.63) is 81.2 Å². The monoisotopic (exact) mass is 454 g/mol. The number of hydrogen-bond donors (Lipinski definition) is 1. The van der Waals surface area contributed by atoms with Crippen molar-refractivity contribution in [2.75, 3.05) is 0 Å². The SMILES string of the molecule is CC(C)(C)c1ccc(CNCc2ccc(CN=[N+]=[N-])cc2)cc1.F.FP(F)(F)(F)F. The Hall–Kier alpha value is -2.28. The summed E-state index contributed by atoms with van der Waals surface area (Å²) < 4.78 is 49.2. The third kappa shape index (κ3) is 13.8. The van der Waals surface area contributed by atoms with Gasteiger partial charge < -0.3 is 5.32 Å². The van der Waals surface area contributed by atoms with Crippen LogP contribution in [0.15, 0.2) is 53.6 Å². The van der Waals surface area contributed by atoms with Gasteiger partial charge >= 0.3 is 29.1 Å². The van der Waals surface area contributed by atoms with E-state index in [0.717, 1.165) is 18.7 Å². The van der Waals surface area contributed by atoms with Crippen LogP contribution in [0, 0.1) is 0 Å². The second-order valence-electron chi connectivity index (χ2n) is 7.39. The summed E-state index contributed by atoms with van der Waals surface area (Å²) in [7, 11) is -8.55. The standard InChI is InChI=1S/C19H24N4.F5P.FH/c1-19(2,3)18-10-8-16(9-11-18)13-21-12-15-4-6-17(7-5-15)14-22-23-20;1-6(2,3,4)5;/h4-11,21H,12-14H2,1-3H3;;1H. The first-order valence-electron chi connectivity index (χ1n) is 8.72. The average Bonchev–Trinajstić information content (AvgIpc) is 2.58. The molecule has 0 unspecified atom stereocenters. The van der Waals surface area contributed by atoms with Crippen LogP contribution in [0.25, 0.3) is 10.4 Å². The minimum absolute atomic E-state index is 0. The summed E-state index contributed by atoms with van der Waals surface area (Å²) in [5.41, 5.74) is 13.4. The molecule has 0 radical (unpaired) electrons. The Morgan fingerprint density at radius 2 is 1.20 bits per heavy atom. The van der Waals surface area contributed by atoms with Crippen molar-refractivity contribution in [2.45, 2.75) is 45.8 Å². The van der Waals surface area contributed by atoms with Crippen LogP contribution >= 0.6 is 8.16 Å². The summed E-state index contributed by atoms with van der Waals surface area (Å²) in [5, 5.41) is 7.02. The molecule has 0 aliphatic rings. The first-order valence-corrected chi connectivity index (χ1v) is 10.4. The predicted octanol–water partition coefficient (Wildman–Crippen LogP) is 8.20. The number of benzene rings is 2. The minimum atomic E-state index is -8.55. The summed E-state index contributed by atoms with van der Waals surface area (Å²) in [6.45, 7) is 8.77. The second-order valence-corrected chi connectivity index (χ2v) is 8.67. The first kappa shape index (κ1) is 27.7. The Morgan fingerprint density at radius 3 is 1.57 bits per heavy atom. The maximum atomic E-state index is 9.84. The molecule has 2 rings (SSSR count). The second kappa shape index (κ2) is 11.2. The van der Waals surface area contributed by atoms with Crippen molar-refractivity contribution in [3.63, 3.8) is 0 Å². The van der Waals surface area contributed by atoms with Gasteiger partial charge in [0.15, 0.2) is 0 Å². The van der Waals surface area contributed by atoms with Gasteiger partial charge in [0.1, 0.15) is 0 Å². The molecule has 4 nitrogen and oxygen atoms in total. The third-order valence-electron chi connectivity index (χ3n) is 3.82. The number of hydrogen-bond acceptors (Lipinski definition) is 2. The van der Waals surface area contributed by atoms with Gasteiger partial charge in [0.2, 0.25) is 0 Å². The molecule has 0 heterocycles. The van der Waals surface area contributed by atoms with Crippen molar-refractivity contribution in [1.82, 2.24) is 5.32 Å². The summed E-state index contributed by atoms with van der Waals surface area (Å²) in [4.78, 5) is 2.77. The van der Waals surface area contributed by atoms with Crippen LogP contribution in [0.3, 0.4) is 0 Å². The predicted molar refractivity (Wildman–Crippen MR) is 110 cm³/mol. The molecule has 0 saturated heterocycles. The van der Waals surface area contributed by atoms with E-state index in [1.807, 2.05) is 12.1 Å². The molecule has 0 amide bonds. The quantitative estimate of drug-likeness (QED) is 0.154. The van der Waals surface area contributed by atoms with Gasteiger partial charge in [0.05, 0.1) is 6.54 Å². The molecule has 2 aromatic carbocycles. The zero-order chi connectivity index (χ0) is 22.2. The van der Waals surface area contributed by atoms with Crippen molar-refractivity contribution >= 4 is 8.16 Å². The van der Waals surface area contributed by atoms with Gasteiger partial charge in [-0.05, 0) is 33.2 Å². The number of nitrogens with one attached hydrogen (secondary N) is 1. The zero-order valence-electron chi connectivity index (χ0n) is 16.8. The molecule has 0 spiro atoms. The number of halogens is 6. The Labute approximate surface area is 172 Å². The summed E-state index contributed by atoms with van der Waals surface area (Å²) >= 11 is 0. The molecule has 0 atom stereocenters. The third-order valence-corrected chi connectivity index (χ3v) is 3.82. The van der Waals surface area contributed by atoms with E-state index in [2.05, 4.69) is 72.5 Å². The maximum absolute atomic E-state index is 9.84. The van der Waals surface area contributed by atoms with Crippen LogP contribution in [0.2, 0.25) is 0 Å². The van der Waals surface area contributed by atoms with Crippen LogP contribution in [0.4, 0.5) is 25.7 Å². The fourth-order valence-electron chi connectivity index (χ4n) is 2.35. The number of azide groups is 1.